The maximum atomic E-state index is 13.1. The third-order valence-electron chi connectivity index (χ3n) is 3.32. The summed E-state index contributed by atoms with van der Waals surface area (Å²) in [5.74, 6) is -0.203. The van der Waals surface area contributed by atoms with E-state index in [1.54, 1.807) is 41.2 Å². The molecule has 1 amide bonds. The van der Waals surface area contributed by atoms with Gasteiger partial charge in [0.1, 0.15) is 5.82 Å². The molecule has 122 valence electrons. The maximum Gasteiger partial charge on any atom is 0.256 e. The number of nitrogens with one attached hydrogen (secondary N) is 1. The fraction of sp³-hybridized carbons (Fsp3) is 0.0588. The number of aromatic nitrogens is 2. The highest BCUT2D eigenvalue weighted by Crippen LogP contribution is 2.19. The summed E-state index contributed by atoms with van der Waals surface area (Å²) in [6, 6.07) is 13.0. The zero-order valence-corrected chi connectivity index (χ0v) is 14.7. The second kappa shape index (κ2) is 7.15. The Balaban J connectivity index is 1.70. The van der Waals surface area contributed by atoms with E-state index in [1.807, 2.05) is 6.07 Å². The number of nitrogens with zero attached hydrogens (tertiary/aromatic N) is 2. The van der Waals surface area contributed by atoms with Crippen LogP contribution in [0.15, 0.2) is 59.2 Å². The second-order valence-corrected chi connectivity index (χ2v) is 6.42. The first-order valence-electron chi connectivity index (χ1n) is 7.05. The Labute approximate surface area is 151 Å². The average Bonchev–Trinajstić information content (AvgIpc) is 2.97. The van der Waals surface area contributed by atoms with Crippen molar-refractivity contribution >= 4 is 39.3 Å². The molecule has 1 heterocycles. The van der Waals surface area contributed by atoms with E-state index in [1.165, 1.54) is 12.1 Å². The lowest BCUT2D eigenvalue weighted by atomic mass is 10.2. The van der Waals surface area contributed by atoms with Gasteiger partial charge in [-0.15, -0.1) is 0 Å². The Kier molecular flexibility index (Phi) is 4.97. The molecule has 0 atom stereocenters. The molecule has 0 saturated heterocycles. The van der Waals surface area contributed by atoms with Crippen LogP contribution in [-0.2, 0) is 6.54 Å². The molecule has 7 heteroatoms. The Morgan fingerprint density at radius 2 is 2.08 bits per heavy atom. The zero-order chi connectivity index (χ0) is 17.1. The summed E-state index contributed by atoms with van der Waals surface area (Å²) in [5, 5.41) is 7.35. The molecule has 2 aromatic carbocycles. The first kappa shape index (κ1) is 16.7. The van der Waals surface area contributed by atoms with Crippen molar-refractivity contribution in [1.29, 1.82) is 0 Å². The summed E-state index contributed by atoms with van der Waals surface area (Å²) in [6.45, 7) is 0.381. The molecule has 0 radical (unpaired) electrons. The van der Waals surface area contributed by atoms with Crippen LogP contribution in [0.5, 0.6) is 0 Å². The number of rotatable bonds is 4. The lowest BCUT2D eigenvalue weighted by Crippen LogP contribution is -2.12. The summed E-state index contributed by atoms with van der Waals surface area (Å²) >= 11 is 9.34. The lowest BCUT2D eigenvalue weighted by Gasteiger charge is -2.05. The summed E-state index contributed by atoms with van der Waals surface area (Å²) < 4.78 is 15.5. The van der Waals surface area contributed by atoms with Crippen molar-refractivity contribution in [3.63, 3.8) is 0 Å². The van der Waals surface area contributed by atoms with Gasteiger partial charge in [-0.1, -0.05) is 39.7 Å². The van der Waals surface area contributed by atoms with Gasteiger partial charge in [-0.2, -0.15) is 5.10 Å². The number of amides is 1. The number of carbonyl (C=O) groups excluding carboxylic acids is 1. The largest absolute Gasteiger partial charge is 0.305 e. The Hall–Kier alpha value is -2.18. The third-order valence-corrected chi connectivity index (χ3v) is 4.16. The van der Waals surface area contributed by atoms with Gasteiger partial charge in [-0.05, 0) is 35.9 Å². The van der Waals surface area contributed by atoms with Gasteiger partial charge in [0.05, 0.1) is 6.54 Å². The molecule has 4 nitrogen and oxygen atoms in total. The maximum absolute atomic E-state index is 13.1. The summed E-state index contributed by atoms with van der Waals surface area (Å²) in [5.41, 5.74) is 1.27. The standard InChI is InChI=1S/C17H12BrClFN3O/c18-13-3-1-2-11(8-13)17(24)21-16-6-7-23(22-16)10-12-4-5-14(20)9-15(12)19/h1-9H,10H2,(H,21,22,24). The highest BCUT2D eigenvalue weighted by Gasteiger charge is 2.09. The molecular formula is C17H12BrClFN3O. The van der Waals surface area contributed by atoms with Gasteiger partial charge in [0.15, 0.2) is 5.82 Å². The minimum absolute atomic E-state index is 0.249. The topological polar surface area (TPSA) is 46.9 Å². The SMILES string of the molecule is O=C(Nc1ccn(Cc2ccc(F)cc2Cl)n1)c1cccc(Br)c1. The molecule has 3 aromatic rings. The van der Waals surface area contributed by atoms with Gasteiger partial charge >= 0.3 is 0 Å². The summed E-state index contributed by atoms with van der Waals surface area (Å²) in [7, 11) is 0. The van der Waals surface area contributed by atoms with Gasteiger partial charge in [0.25, 0.3) is 5.91 Å². The molecule has 0 saturated carbocycles. The van der Waals surface area contributed by atoms with Crippen LogP contribution in [0.2, 0.25) is 5.02 Å². The van der Waals surface area contributed by atoms with Crippen LogP contribution in [0.3, 0.4) is 0 Å². The number of benzene rings is 2. The Bertz CT molecular complexity index is 897. The van der Waals surface area contributed by atoms with Gasteiger partial charge in [0, 0.05) is 27.3 Å². The van der Waals surface area contributed by atoms with Gasteiger partial charge in [0.2, 0.25) is 0 Å². The van der Waals surface area contributed by atoms with E-state index < -0.39 is 0 Å². The lowest BCUT2D eigenvalue weighted by molar-refractivity contribution is 0.102. The highest BCUT2D eigenvalue weighted by atomic mass is 79.9. The van der Waals surface area contributed by atoms with Crippen molar-refractivity contribution < 1.29 is 9.18 Å². The van der Waals surface area contributed by atoms with Crippen molar-refractivity contribution in [2.75, 3.05) is 5.32 Å². The minimum Gasteiger partial charge on any atom is -0.305 e. The number of anilines is 1. The highest BCUT2D eigenvalue weighted by molar-refractivity contribution is 9.10. The van der Waals surface area contributed by atoms with Crippen molar-refractivity contribution in [3.05, 3.63) is 81.2 Å². The molecule has 24 heavy (non-hydrogen) atoms. The van der Waals surface area contributed by atoms with Gasteiger partial charge in [-0.25, -0.2) is 4.39 Å². The molecular weight excluding hydrogens is 397 g/mol. The van der Waals surface area contributed by atoms with Crippen LogP contribution in [0.4, 0.5) is 10.2 Å². The van der Waals surface area contributed by atoms with E-state index in [4.69, 9.17) is 11.6 Å². The fourth-order valence-corrected chi connectivity index (χ4v) is 2.79. The molecule has 1 N–H and O–H groups in total. The van der Waals surface area contributed by atoms with Crippen molar-refractivity contribution in [1.82, 2.24) is 9.78 Å². The normalized spacial score (nSPS) is 10.6. The number of hydrogen-bond acceptors (Lipinski definition) is 2. The van der Waals surface area contributed by atoms with E-state index in [9.17, 15) is 9.18 Å². The third kappa shape index (κ3) is 4.01. The Morgan fingerprint density at radius 1 is 1.25 bits per heavy atom. The molecule has 0 fully saturated rings. The number of halogens is 3. The van der Waals surface area contributed by atoms with Crippen molar-refractivity contribution in [2.45, 2.75) is 6.54 Å². The fourth-order valence-electron chi connectivity index (χ4n) is 2.16. The second-order valence-electron chi connectivity index (χ2n) is 5.10. The predicted molar refractivity (Wildman–Crippen MR) is 94.8 cm³/mol. The molecule has 1 aromatic heterocycles. The smallest absolute Gasteiger partial charge is 0.256 e. The first-order valence-corrected chi connectivity index (χ1v) is 8.23. The van der Waals surface area contributed by atoms with Crippen molar-refractivity contribution in [2.24, 2.45) is 0 Å². The molecule has 0 bridgehead atoms. The van der Waals surface area contributed by atoms with Crippen LogP contribution in [0.25, 0.3) is 0 Å². The van der Waals surface area contributed by atoms with E-state index in [2.05, 4.69) is 26.3 Å². The monoisotopic (exact) mass is 407 g/mol. The zero-order valence-electron chi connectivity index (χ0n) is 12.3. The average molecular weight is 409 g/mol. The van der Waals surface area contributed by atoms with Crippen LogP contribution in [0, 0.1) is 5.82 Å². The molecule has 0 aliphatic carbocycles. The Morgan fingerprint density at radius 3 is 2.83 bits per heavy atom. The van der Waals surface area contributed by atoms with Crippen LogP contribution in [-0.4, -0.2) is 15.7 Å². The van der Waals surface area contributed by atoms with E-state index in [0.717, 1.165) is 10.0 Å². The van der Waals surface area contributed by atoms with Crippen LogP contribution < -0.4 is 5.32 Å². The van der Waals surface area contributed by atoms with Crippen LogP contribution in [0.1, 0.15) is 15.9 Å². The van der Waals surface area contributed by atoms with E-state index in [0.29, 0.717) is 22.9 Å². The minimum atomic E-state index is -0.383. The molecule has 0 unspecified atom stereocenters. The van der Waals surface area contributed by atoms with Crippen molar-refractivity contribution in [3.8, 4) is 0 Å². The van der Waals surface area contributed by atoms with Crippen LogP contribution >= 0.6 is 27.5 Å². The summed E-state index contributed by atoms with van der Waals surface area (Å²) in [4.78, 5) is 12.2. The van der Waals surface area contributed by atoms with E-state index >= 15 is 0 Å². The quantitative estimate of drug-likeness (QED) is 0.678. The van der Waals surface area contributed by atoms with Gasteiger partial charge < -0.3 is 5.32 Å². The summed E-state index contributed by atoms with van der Waals surface area (Å²) in [6.07, 6.45) is 1.72. The molecule has 0 aliphatic heterocycles. The molecule has 0 aliphatic rings. The predicted octanol–water partition coefficient (Wildman–Crippen LogP) is 4.74. The first-order chi connectivity index (χ1) is 11.5. The van der Waals surface area contributed by atoms with E-state index in [-0.39, 0.29) is 11.7 Å². The molecule has 3 rings (SSSR count). The number of hydrogen-bond donors (Lipinski definition) is 1. The van der Waals surface area contributed by atoms with Gasteiger partial charge in [-0.3, -0.25) is 9.48 Å². The molecule has 0 spiro atoms. The number of carbonyl (C=O) groups is 1.